The molecular formula is C31H38N2O. The van der Waals surface area contributed by atoms with Crippen LogP contribution < -0.4 is 4.74 Å². The number of nitriles is 1. The molecule has 0 saturated carbocycles. The van der Waals surface area contributed by atoms with Gasteiger partial charge < -0.3 is 4.74 Å². The quantitative estimate of drug-likeness (QED) is 0.287. The fourth-order valence-electron chi connectivity index (χ4n) is 4.67. The first-order chi connectivity index (χ1) is 16.5. The lowest BCUT2D eigenvalue weighted by molar-refractivity contribution is 0.170. The molecule has 178 valence electrons. The summed E-state index contributed by atoms with van der Waals surface area (Å²) >= 11 is 0. The summed E-state index contributed by atoms with van der Waals surface area (Å²) in [5.74, 6) is 1.15. The first-order valence-corrected chi connectivity index (χ1v) is 12.5. The normalized spacial score (nSPS) is 12.2. The first-order valence-electron chi connectivity index (χ1n) is 12.5. The summed E-state index contributed by atoms with van der Waals surface area (Å²) < 4.78 is 6.41. The Kier molecular flexibility index (Phi) is 9.74. The summed E-state index contributed by atoms with van der Waals surface area (Å²) in [5.41, 5.74) is 4.86. The van der Waals surface area contributed by atoms with Gasteiger partial charge in [0.2, 0.25) is 0 Å². The smallest absolute Gasteiger partial charge is 0.123 e. The molecule has 0 spiro atoms. The Labute approximate surface area is 206 Å². The molecule has 0 saturated heterocycles. The molecule has 0 N–H and O–H groups in total. The summed E-state index contributed by atoms with van der Waals surface area (Å²) in [6.45, 7) is 10.6. The molecule has 0 unspecified atom stereocenters. The van der Waals surface area contributed by atoms with Crippen molar-refractivity contribution in [1.82, 2.24) is 4.90 Å². The average Bonchev–Trinajstić information content (AvgIpc) is 2.85. The summed E-state index contributed by atoms with van der Waals surface area (Å²) in [6, 6.07) is 30.8. The zero-order valence-electron chi connectivity index (χ0n) is 21.1. The van der Waals surface area contributed by atoms with Gasteiger partial charge in [0.15, 0.2) is 0 Å². The highest BCUT2D eigenvalue weighted by Crippen LogP contribution is 2.36. The number of hydrogen-bond donors (Lipinski definition) is 0. The van der Waals surface area contributed by atoms with Crippen molar-refractivity contribution in [3.8, 4) is 11.8 Å². The molecule has 1 atom stereocenters. The molecule has 3 nitrogen and oxygen atoms in total. The van der Waals surface area contributed by atoms with Crippen LogP contribution in [0.25, 0.3) is 0 Å². The minimum absolute atomic E-state index is 0.217. The van der Waals surface area contributed by atoms with Crippen molar-refractivity contribution < 1.29 is 4.74 Å². The molecule has 3 heteroatoms. The van der Waals surface area contributed by atoms with Gasteiger partial charge in [-0.2, -0.15) is 5.26 Å². The summed E-state index contributed by atoms with van der Waals surface area (Å²) in [7, 11) is 0. The van der Waals surface area contributed by atoms with Crippen LogP contribution in [0.3, 0.4) is 0 Å². The standard InChI is InChI=1S/C31H38N2O/c1-24(2)33(25(3)4)21-19-29(28-15-9-6-10-16-28)30-22-26(14-11-20-32)17-18-31(30)34-23-27-12-7-5-8-13-27/h5-10,12-13,15-18,22,24-25,29H,11,14,19,21,23H2,1-4H3/t29-/m1/s1. The second-order valence-corrected chi connectivity index (χ2v) is 9.48. The molecule has 34 heavy (non-hydrogen) atoms. The minimum Gasteiger partial charge on any atom is -0.489 e. The van der Waals surface area contributed by atoms with E-state index >= 15 is 0 Å². The highest BCUT2D eigenvalue weighted by atomic mass is 16.5. The number of rotatable bonds is 12. The molecule has 3 aromatic rings. The molecule has 0 amide bonds. The molecule has 0 aliphatic carbocycles. The van der Waals surface area contributed by atoms with Crippen LogP contribution in [-0.4, -0.2) is 23.5 Å². The van der Waals surface area contributed by atoms with E-state index in [9.17, 15) is 0 Å². The van der Waals surface area contributed by atoms with Gasteiger partial charge in [0, 0.05) is 30.0 Å². The minimum atomic E-state index is 0.217. The molecule has 0 heterocycles. The molecular weight excluding hydrogens is 416 g/mol. The van der Waals surface area contributed by atoms with E-state index in [0.29, 0.717) is 25.1 Å². The van der Waals surface area contributed by atoms with Crippen molar-refractivity contribution in [2.24, 2.45) is 0 Å². The Morgan fingerprint density at radius 3 is 2.09 bits per heavy atom. The highest BCUT2D eigenvalue weighted by molar-refractivity contribution is 5.45. The SMILES string of the molecule is CC(C)N(CC[C@H](c1ccccc1)c1cc(CCC#N)ccc1OCc1ccccc1)C(C)C. The van der Waals surface area contributed by atoms with Gasteiger partial charge >= 0.3 is 0 Å². The van der Waals surface area contributed by atoms with E-state index in [1.165, 1.54) is 16.7 Å². The largest absolute Gasteiger partial charge is 0.489 e. The molecule has 0 aliphatic rings. The monoisotopic (exact) mass is 454 g/mol. The number of hydrogen-bond acceptors (Lipinski definition) is 3. The molecule has 0 bridgehead atoms. The van der Waals surface area contributed by atoms with E-state index in [1.807, 2.05) is 18.2 Å². The molecule has 0 aliphatic heterocycles. The van der Waals surface area contributed by atoms with Crippen LogP contribution in [0.15, 0.2) is 78.9 Å². The molecule has 3 rings (SSSR count). The van der Waals surface area contributed by atoms with Gasteiger partial charge in [-0.25, -0.2) is 0 Å². The van der Waals surface area contributed by atoms with Gasteiger partial charge in [-0.15, -0.1) is 0 Å². The predicted octanol–water partition coefficient (Wildman–Crippen LogP) is 7.36. The third kappa shape index (κ3) is 7.20. The third-order valence-electron chi connectivity index (χ3n) is 6.42. The third-order valence-corrected chi connectivity index (χ3v) is 6.42. The van der Waals surface area contributed by atoms with Gasteiger partial charge in [-0.1, -0.05) is 72.8 Å². The van der Waals surface area contributed by atoms with E-state index in [4.69, 9.17) is 10.00 Å². The highest BCUT2D eigenvalue weighted by Gasteiger charge is 2.22. The van der Waals surface area contributed by atoms with E-state index in [2.05, 4.69) is 99.3 Å². The van der Waals surface area contributed by atoms with Crippen LogP contribution in [0.5, 0.6) is 5.75 Å². The zero-order chi connectivity index (χ0) is 24.3. The summed E-state index contributed by atoms with van der Waals surface area (Å²) in [6.07, 6.45) is 2.28. The van der Waals surface area contributed by atoms with Crippen LogP contribution in [0.4, 0.5) is 0 Å². The van der Waals surface area contributed by atoms with Gasteiger partial charge in [0.05, 0.1) is 6.07 Å². The second-order valence-electron chi connectivity index (χ2n) is 9.48. The van der Waals surface area contributed by atoms with Crippen LogP contribution in [0, 0.1) is 11.3 Å². The van der Waals surface area contributed by atoms with E-state index in [0.717, 1.165) is 30.7 Å². The number of aryl methyl sites for hydroxylation is 1. The van der Waals surface area contributed by atoms with Crippen molar-refractivity contribution in [1.29, 1.82) is 5.26 Å². The molecule has 0 radical (unpaired) electrons. The van der Waals surface area contributed by atoms with Crippen molar-refractivity contribution in [2.75, 3.05) is 6.54 Å². The predicted molar refractivity (Wildman–Crippen MR) is 141 cm³/mol. The van der Waals surface area contributed by atoms with Gasteiger partial charge in [0.1, 0.15) is 12.4 Å². The van der Waals surface area contributed by atoms with Gasteiger partial charge in [-0.05, 0) is 69.8 Å². The number of nitrogens with zero attached hydrogens (tertiary/aromatic N) is 2. The zero-order valence-corrected chi connectivity index (χ0v) is 21.1. The van der Waals surface area contributed by atoms with Crippen LogP contribution in [0.2, 0.25) is 0 Å². The maximum absolute atomic E-state index is 9.12. The van der Waals surface area contributed by atoms with Gasteiger partial charge in [-0.3, -0.25) is 4.90 Å². The Hall–Kier alpha value is -3.09. The van der Waals surface area contributed by atoms with Crippen molar-refractivity contribution in [3.63, 3.8) is 0 Å². The Balaban J connectivity index is 1.97. The van der Waals surface area contributed by atoms with Crippen molar-refractivity contribution in [3.05, 3.63) is 101 Å². The fourth-order valence-corrected chi connectivity index (χ4v) is 4.67. The Morgan fingerprint density at radius 1 is 0.824 bits per heavy atom. The average molecular weight is 455 g/mol. The summed E-state index contributed by atoms with van der Waals surface area (Å²) in [4.78, 5) is 2.56. The molecule has 3 aromatic carbocycles. The lowest BCUT2D eigenvalue weighted by Crippen LogP contribution is -2.38. The van der Waals surface area contributed by atoms with Crippen LogP contribution in [0.1, 0.15) is 68.7 Å². The van der Waals surface area contributed by atoms with Crippen LogP contribution in [-0.2, 0) is 13.0 Å². The van der Waals surface area contributed by atoms with E-state index in [-0.39, 0.29) is 5.92 Å². The lowest BCUT2D eigenvalue weighted by atomic mass is 9.86. The van der Waals surface area contributed by atoms with Crippen molar-refractivity contribution in [2.45, 2.75) is 71.6 Å². The number of ether oxygens (including phenoxy) is 1. The first kappa shape index (κ1) is 25.5. The number of benzene rings is 3. The molecule has 0 aromatic heterocycles. The lowest BCUT2D eigenvalue weighted by Gasteiger charge is -2.32. The van der Waals surface area contributed by atoms with Gasteiger partial charge in [0.25, 0.3) is 0 Å². The van der Waals surface area contributed by atoms with Crippen molar-refractivity contribution >= 4 is 0 Å². The maximum Gasteiger partial charge on any atom is 0.123 e. The molecule has 0 fully saturated rings. The van der Waals surface area contributed by atoms with Crippen LogP contribution >= 0.6 is 0 Å². The van der Waals surface area contributed by atoms with E-state index in [1.54, 1.807) is 0 Å². The Bertz CT molecular complexity index is 1030. The fraction of sp³-hybridized carbons (Fsp3) is 0.387. The Morgan fingerprint density at radius 2 is 1.47 bits per heavy atom. The maximum atomic E-state index is 9.12. The second kappa shape index (κ2) is 13.0. The summed E-state index contributed by atoms with van der Waals surface area (Å²) in [5, 5.41) is 9.12. The van der Waals surface area contributed by atoms with E-state index < -0.39 is 0 Å². The topological polar surface area (TPSA) is 36.3 Å².